The van der Waals surface area contributed by atoms with Gasteiger partial charge in [0, 0.05) is 24.9 Å². The highest BCUT2D eigenvalue weighted by Gasteiger charge is 2.48. The predicted octanol–water partition coefficient (Wildman–Crippen LogP) is 3.48. The number of esters is 1. The maximum Gasteiger partial charge on any atom is 0.343 e. The third kappa shape index (κ3) is 5.16. The van der Waals surface area contributed by atoms with E-state index in [-0.39, 0.29) is 18.4 Å². The molecule has 1 aliphatic carbocycles. The summed E-state index contributed by atoms with van der Waals surface area (Å²) >= 11 is 0. The summed E-state index contributed by atoms with van der Waals surface area (Å²) in [6.45, 7) is 0.906. The summed E-state index contributed by atoms with van der Waals surface area (Å²) in [4.78, 5) is 19.2. The van der Waals surface area contributed by atoms with Gasteiger partial charge in [-0.05, 0) is 36.1 Å². The Balaban J connectivity index is 1.40. The van der Waals surface area contributed by atoms with Gasteiger partial charge in [0.1, 0.15) is 17.7 Å². The van der Waals surface area contributed by atoms with Crippen LogP contribution < -0.4 is 5.73 Å². The van der Waals surface area contributed by atoms with E-state index in [9.17, 15) is 18.7 Å². The zero-order chi connectivity index (χ0) is 23.4. The highest BCUT2D eigenvalue weighted by Crippen LogP contribution is 2.41. The van der Waals surface area contributed by atoms with Crippen LogP contribution >= 0.6 is 0 Å². The van der Waals surface area contributed by atoms with E-state index in [1.807, 2.05) is 18.2 Å². The van der Waals surface area contributed by atoms with E-state index in [0.29, 0.717) is 30.6 Å². The van der Waals surface area contributed by atoms with E-state index >= 15 is 0 Å². The van der Waals surface area contributed by atoms with Crippen molar-refractivity contribution in [3.8, 4) is 0 Å². The second-order valence-electron chi connectivity index (χ2n) is 8.83. The van der Waals surface area contributed by atoms with Crippen LogP contribution in [0.2, 0.25) is 0 Å². The van der Waals surface area contributed by atoms with Crippen molar-refractivity contribution < 1.29 is 23.4 Å². The topological polar surface area (TPSA) is 88.1 Å². The molecule has 1 saturated heterocycles. The fraction of sp³-hybridized carbons (Fsp3) is 0.440. The lowest BCUT2D eigenvalue weighted by atomic mass is 9.80. The first-order valence-electron chi connectivity index (χ1n) is 11.3. The summed E-state index contributed by atoms with van der Waals surface area (Å²) in [5, 5.41) is 11.5. The quantitative estimate of drug-likeness (QED) is 0.394. The first-order chi connectivity index (χ1) is 15.9. The van der Waals surface area contributed by atoms with E-state index in [1.165, 1.54) is 12.1 Å². The number of halogens is 2. The molecule has 2 aromatic carbocycles. The molecule has 0 radical (unpaired) electrons. The summed E-state index contributed by atoms with van der Waals surface area (Å²) in [6.07, 6.45) is 3.62. The number of hydrogen-bond donors (Lipinski definition) is 2. The van der Waals surface area contributed by atoms with Crippen LogP contribution in [-0.2, 0) is 21.7 Å². The number of likely N-dealkylation sites (tertiary alicyclic amines) is 1. The summed E-state index contributed by atoms with van der Waals surface area (Å²) in [5.74, 6) is -1.92. The first-order valence-corrected chi connectivity index (χ1v) is 11.3. The average Bonchev–Trinajstić information content (AvgIpc) is 3.50. The number of hydrogen-bond acceptors (Lipinski definition) is 4. The monoisotopic (exact) mass is 457 g/mol. The van der Waals surface area contributed by atoms with Crippen LogP contribution in [0.25, 0.3) is 0 Å². The van der Waals surface area contributed by atoms with Crippen LogP contribution in [0.5, 0.6) is 0 Å². The van der Waals surface area contributed by atoms with Gasteiger partial charge in [0.25, 0.3) is 0 Å². The van der Waals surface area contributed by atoms with Gasteiger partial charge < -0.3 is 20.5 Å². The molecule has 176 valence electrons. The molecule has 3 N–H and O–H groups in total. The Kier molecular flexibility index (Phi) is 6.93. The molecule has 0 amide bonds. The molecular weight excluding hydrogens is 428 g/mol. The molecule has 1 saturated carbocycles. The Morgan fingerprint density at radius 2 is 1.79 bits per heavy atom. The third-order valence-corrected chi connectivity index (χ3v) is 6.56. The SMILES string of the molecule is NC(=NCc1cc(F)cc(F)c1)N1CCC(OC(=O)C(O)(c2ccccc2)C2CCCC2)C1. The number of carbonyl (C=O) groups excluding carboxylic acids is 1. The number of benzene rings is 2. The summed E-state index contributed by atoms with van der Waals surface area (Å²) in [6, 6.07) is 12.2. The van der Waals surface area contributed by atoms with Crippen LogP contribution in [0.15, 0.2) is 53.5 Å². The fourth-order valence-corrected chi connectivity index (χ4v) is 4.80. The Labute approximate surface area is 192 Å². The van der Waals surface area contributed by atoms with Crippen molar-refractivity contribution in [1.82, 2.24) is 4.90 Å². The van der Waals surface area contributed by atoms with Gasteiger partial charge in [0.2, 0.25) is 0 Å². The molecule has 1 heterocycles. The molecule has 2 aliphatic rings. The number of guanidine groups is 1. The Morgan fingerprint density at radius 1 is 1.12 bits per heavy atom. The largest absolute Gasteiger partial charge is 0.458 e. The lowest BCUT2D eigenvalue weighted by Crippen LogP contribution is -2.45. The Morgan fingerprint density at radius 3 is 2.45 bits per heavy atom. The van der Waals surface area contributed by atoms with Crippen molar-refractivity contribution in [3.63, 3.8) is 0 Å². The second-order valence-corrected chi connectivity index (χ2v) is 8.83. The van der Waals surface area contributed by atoms with Crippen molar-refractivity contribution >= 4 is 11.9 Å². The zero-order valence-electron chi connectivity index (χ0n) is 18.4. The van der Waals surface area contributed by atoms with E-state index in [2.05, 4.69) is 4.99 Å². The normalized spacial score (nSPS) is 21.2. The molecule has 6 nitrogen and oxygen atoms in total. The number of ether oxygens (including phenoxy) is 1. The molecule has 4 rings (SSSR count). The molecule has 0 aromatic heterocycles. The number of aliphatic hydroxyl groups is 1. The first kappa shape index (κ1) is 23.2. The Hall–Kier alpha value is -3.00. The van der Waals surface area contributed by atoms with Crippen molar-refractivity contribution in [2.24, 2.45) is 16.6 Å². The minimum atomic E-state index is -1.67. The minimum absolute atomic E-state index is 0.0386. The fourth-order valence-electron chi connectivity index (χ4n) is 4.80. The molecule has 2 atom stereocenters. The van der Waals surface area contributed by atoms with Gasteiger partial charge in [0.15, 0.2) is 11.6 Å². The van der Waals surface area contributed by atoms with Gasteiger partial charge in [-0.3, -0.25) is 0 Å². The highest BCUT2D eigenvalue weighted by molar-refractivity contribution is 5.82. The Bertz CT molecular complexity index is 991. The lowest BCUT2D eigenvalue weighted by molar-refractivity contribution is -0.178. The number of aliphatic imine (C=N–C) groups is 1. The van der Waals surface area contributed by atoms with Crippen molar-refractivity contribution in [2.75, 3.05) is 13.1 Å². The predicted molar refractivity (Wildman–Crippen MR) is 120 cm³/mol. The van der Waals surface area contributed by atoms with E-state index in [0.717, 1.165) is 31.7 Å². The molecule has 0 spiro atoms. The molecular formula is C25H29F2N3O3. The summed E-state index contributed by atoms with van der Waals surface area (Å²) in [5.41, 5.74) is 5.33. The lowest BCUT2D eigenvalue weighted by Gasteiger charge is -2.33. The maximum absolute atomic E-state index is 13.4. The van der Waals surface area contributed by atoms with Gasteiger partial charge in [-0.2, -0.15) is 0 Å². The maximum atomic E-state index is 13.4. The summed E-state index contributed by atoms with van der Waals surface area (Å²) in [7, 11) is 0. The summed E-state index contributed by atoms with van der Waals surface area (Å²) < 4.78 is 32.5. The van der Waals surface area contributed by atoms with Crippen LogP contribution in [0.1, 0.15) is 43.2 Å². The second kappa shape index (κ2) is 9.87. The standard InChI is InChI=1S/C25H29F2N3O3/c26-20-12-17(13-21(27)14-20)15-29-24(28)30-11-10-22(16-30)33-23(31)25(32,19-8-4-5-9-19)18-6-2-1-3-7-18/h1-3,6-7,12-14,19,22,32H,4-5,8-11,15-16H2,(H2,28,29). The van der Waals surface area contributed by atoms with Crippen LogP contribution in [0.3, 0.4) is 0 Å². The smallest absolute Gasteiger partial charge is 0.343 e. The van der Waals surface area contributed by atoms with Crippen molar-refractivity contribution in [1.29, 1.82) is 0 Å². The minimum Gasteiger partial charge on any atom is -0.458 e. The van der Waals surface area contributed by atoms with E-state index in [1.54, 1.807) is 17.0 Å². The van der Waals surface area contributed by atoms with Gasteiger partial charge in [-0.15, -0.1) is 0 Å². The van der Waals surface area contributed by atoms with Gasteiger partial charge in [-0.25, -0.2) is 18.6 Å². The van der Waals surface area contributed by atoms with Crippen LogP contribution in [0.4, 0.5) is 8.78 Å². The van der Waals surface area contributed by atoms with E-state index in [4.69, 9.17) is 10.5 Å². The molecule has 2 aromatic rings. The van der Waals surface area contributed by atoms with Crippen molar-refractivity contribution in [2.45, 2.75) is 50.4 Å². The van der Waals surface area contributed by atoms with Crippen LogP contribution in [0, 0.1) is 17.6 Å². The van der Waals surface area contributed by atoms with E-state index < -0.39 is 29.3 Å². The third-order valence-electron chi connectivity index (χ3n) is 6.56. The van der Waals surface area contributed by atoms with Crippen LogP contribution in [-0.4, -0.2) is 41.1 Å². The molecule has 2 fully saturated rings. The van der Waals surface area contributed by atoms with Gasteiger partial charge >= 0.3 is 5.97 Å². The number of nitrogens with two attached hydrogens (primary N) is 1. The van der Waals surface area contributed by atoms with Gasteiger partial charge in [-0.1, -0.05) is 43.2 Å². The molecule has 33 heavy (non-hydrogen) atoms. The molecule has 0 bridgehead atoms. The number of rotatable bonds is 6. The molecule has 2 unspecified atom stereocenters. The number of carbonyl (C=O) groups is 1. The molecule has 1 aliphatic heterocycles. The molecule has 8 heteroatoms. The van der Waals surface area contributed by atoms with Crippen molar-refractivity contribution in [3.05, 3.63) is 71.3 Å². The zero-order valence-corrected chi connectivity index (χ0v) is 18.4. The number of nitrogens with zero attached hydrogens (tertiary/aromatic N) is 2. The highest BCUT2D eigenvalue weighted by atomic mass is 19.1. The van der Waals surface area contributed by atoms with Gasteiger partial charge in [0.05, 0.1) is 13.1 Å². The average molecular weight is 458 g/mol.